The van der Waals surface area contributed by atoms with Gasteiger partial charge in [0.05, 0.1) is 23.7 Å². The van der Waals surface area contributed by atoms with Crippen molar-refractivity contribution in [3.8, 4) is 0 Å². The van der Waals surface area contributed by atoms with Gasteiger partial charge in [0.15, 0.2) is 5.16 Å². The summed E-state index contributed by atoms with van der Waals surface area (Å²) in [6, 6.07) is 1.93. The second-order valence-electron chi connectivity index (χ2n) is 7.55. The molecular formula is C20H23N3O3S2. The summed E-state index contributed by atoms with van der Waals surface area (Å²) in [5.74, 6) is 1.42. The maximum atomic E-state index is 13.5. The van der Waals surface area contributed by atoms with Crippen LogP contribution in [0.1, 0.15) is 47.6 Å². The Kier molecular flexibility index (Phi) is 5.02. The minimum atomic E-state index is 0.0960. The first-order valence-electron chi connectivity index (χ1n) is 9.91. The molecule has 0 saturated carbocycles. The zero-order chi connectivity index (χ0) is 19.1. The Morgan fingerprint density at radius 2 is 2.21 bits per heavy atom. The van der Waals surface area contributed by atoms with Crippen molar-refractivity contribution < 1.29 is 9.26 Å². The van der Waals surface area contributed by atoms with Crippen LogP contribution in [0.5, 0.6) is 0 Å². The molecule has 0 spiro atoms. The van der Waals surface area contributed by atoms with E-state index < -0.39 is 0 Å². The fourth-order valence-corrected chi connectivity index (χ4v) is 6.30. The maximum absolute atomic E-state index is 13.5. The summed E-state index contributed by atoms with van der Waals surface area (Å²) >= 11 is 3.25. The fraction of sp³-hybridized carbons (Fsp3) is 0.550. The highest BCUT2D eigenvalue weighted by atomic mass is 32.2. The minimum Gasteiger partial charge on any atom is -0.376 e. The van der Waals surface area contributed by atoms with E-state index in [4.69, 9.17) is 14.2 Å². The summed E-state index contributed by atoms with van der Waals surface area (Å²) in [4.78, 5) is 20.7. The number of aryl methyl sites for hydroxylation is 3. The van der Waals surface area contributed by atoms with Crippen molar-refractivity contribution >= 4 is 33.3 Å². The van der Waals surface area contributed by atoms with Crippen LogP contribution in [0.3, 0.4) is 0 Å². The molecule has 1 aliphatic carbocycles. The van der Waals surface area contributed by atoms with Gasteiger partial charge in [0.1, 0.15) is 10.6 Å². The van der Waals surface area contributed by atoms with Crippen molar-refractivity contribution in [2.45, 2.75) is 69.0 Å². The van der Waals surface area contributed by atoms with Crippen LogP contribution in [0.4, 0.5) is 0 Å². The first-order chi connectivity index (χ1) is 13.7. The van der Waals surface area contributed by atoms with Crippen LogP contribution in [-0.4, -0.2) is 27.4 Å². The Labute approximate surface area is 171 Å². The third-order valence-corrected chi connectivity index (χ3v) is 7.67. The lowest BCUT2D eigenvalue weighted by molar-refractivity contribution is 0.0937. The third kappa shape index (κ3) is 3.42. The molecule has 0 radical (unpaired) electrons. The number of rotatable bonds is 5. The molecular weight excluding hydrogens is 394 g/mol. The number of nitrogens with zero attached hydrogens (tertiary/aromatic N) is 3. The summed E-state index contributed by atoms with van der Waals surface area (Å²) in [5, 5.41) is 5.67. The van der Waals surface area contributed by atoms with Gasteiger partial charge in [-0.3, -0.25) is 9.36 Å². The Balaban J connectivity index is 1.56. The average molecular weight is 418 g/mol. The van der Waals surface area contributed by atoms with E-state index in [1.807, 2.05) is 17.6 Å². The Morgan fingerprint density at radius 3 is 3.00 bits per heavy atom. The first kappa shape index (κ1) is 18.4. The molecule has 1 atom stereocenters. The van der Waals surface area contributed by atoms with E-state index in [1.165, 1.54) is 16.9 Å². The van der Waals surface area contributed by atoms with Crippen LogP contribution in [0, 0.1) is 6.92 Å². The zero-order valence-electron chi connectivity index (χ0n) is 15.9. The highest BCUT2D eigenvalue weighted by Crippen LogP contribution is 2.35. The molecule has 28 heavy (non-hydrogen) atoms. The van der Waals surface area contributed by atoms with Crippen LogP contribution in [0.25, 0.3) is 10.2 Å². The van der Waals surface area contributed by atoms with Gasteiger partial charge >= 0.3 is 0 Å². The van der Waals surface area contributed by atoms with Crippen molar-refractivity contribution in [2.24, 2.45) is 0 Å². The average Bonchev–Trinajstić information content (AvgIpc) is 3.42. The molecule has 0 bridgehead atoms. The molecule has 5 rings (SSSR count). The molecule has 3 aromatic heterocycles. The first-order valence-corrected chi connectivity index (χ1v) is 11.7. The van der Waals surface area contributed by atoms with Gasteiger partial charge in [0, 0.05) is 23.3 Å². The SMILES string of the molecule is Cc1cc(CSc2nc3sc4c(c3c(=O)n2CC2CCCO2)CCCC4)no1. The number of hydrogen-bond acceptors (Lipinski definition) is 7. The van der Waals surface area contributed by atoms with Crippen molar-refractivity contribution in [2.75, 3.05) is 6.61 Å². The van der Waals surface area contributed by atoms with Crippen molar-refractivity contribution in [3.05, 3.63) is 38.3 Å². The summed E-state index contributed by atoms with van der Waals surface area (Å²) < 4.78 is 12.8. The van der Waals surface area contributed by atoms with E-state index in [9.17, 15) is 4.79 Å². The second kappa shape index (κ2) is 7.65. The monoisotopic (exact) mass is 417 g/mol. The summed E-state index contributed by atoms with van der Waals surface area (Å²) in [7, 11) is 0. The lowest BCUT2D eigenvalue weighted by Crippen LogP contribution is -2.29. The lowest BCUT2D eigenvalue weighted by Gasteiger charge is -2.16. The molecule has 1 fully saturated rings. The van der Waals surface area contributed by atoms with Crippen molar-refractivity contribution in [1.29, 1.82) is 0 Å². The maximum Gasteiger partial charge on any atom is 0.263 e. The summed E-state index contributed by atoms with van der Waals surface area (Å²) in [6.45, 7) is 3.24. The highest BCUT2D eigenvalue weighted by molar-refractivity contribution is 7.98. The Bertz CT molecular complexity index is 1060. The number of hydrogen-bond donors (Lipinski definition) is 0. The van der Waals surface area contributed by atoms with Gasteiger partial charge in [-0.25, -0.2) is 4.98 Å². The van der Waals surface area contributed by atoms with E-state index in [0.717, 1.165) is 65.5 Å². The van der Waals surface area contributed by atoms with Crippen LogP contribution in [0.15, 0.2) is 20.5 Å². The van der Waals surface area contributed by atoms with Crippen molar-refractivity contribution in [3.63, 3.8) is 0 Å². The van der Waals surface area contributed by atoms with Crippen LogP contribution in [0.2, 0.25) is 0 Å². The fourth-order valence-electron chi connectivity index (χ4n) is 4.11. The number of thioether (sulfide) groups is 1. The van der Waals surface area contributed by atoms with Crippen LogP contribution >= 0.6 is 23.1 Å². The summed E-state index contributed by atoms with van der Waals surface area (Å²) in [5.41, 5.74) is 2.21. The summed E-state index contributed by atoms with van der Waals surface area (Å²) in [6.07, 6.45) is 6.59. The molecule has 1 saturated heterocycles. The van der Waals surface area contributed by atoms with Gasteiger partial charge < -0.3 is 9.26 Å². The lowest BCUT2D eigenvalue weighted by atomic mass is 9.97. The van der Waals surface area contributed by atoms with Gasteiger partial charge in [-0.15, -0.1) is 11.3 Å². The number of fused-ring (bicyclic) bond motifs is 3. The van der Waals surface area contributed by atoms with E-state index in [0.29, 0.717) is 12.3 Å². The molecule has 6 nitrogen and oxygen atoms in total. The molecule has 0 aromatic carbocycles. The normalized spacial score (nSPS) is 19.4. The van der Waals surface area contributed by atoms with E-state index in [1.54, 1.807) is 23.1 Å². The van der Waals surface area contributed by atoms with Gasteiger partial charge in [-0.1, -0.05) is 16.9 Å². The smallest absolute Gasteiger partial charge is 0.263 e. The van der Waals surface area contributed by atoms with Crippen LogP contribution in [-0.2, 0) is 29.9 Å². The predicted molar refractivity (Wildman–Crippen MR) is 110 cm³/mol. The highest BCUT2D eigenvalue weighted by Gasteiger charge is 2.25. The Morgan fingerprint density at radius 1 is 1.32 bits per heavy atom. The molecule has 0 N–H and O–H groups in total. The standard InChI is InChI=1S/C20H23N3O3S2/c1-12-9-13(22-26-12)11-27-20-21-18-17(15-6-2-3-7-16(15)28-18)19(24)23(20)10-14-5-4-8-25-14/h9,14H,2-8,10-11H2,1H3. The molecule has 148 valence electrons. The van der Waals surface area contributed by atoms with E-state index >= 15 is 0 Å². The Hall–Kier alpha value is -1.64. The van der Waals surface area contributed by atoms with Gasteiger partial charge in [-0.05, 0) is 51.0 Å². The molecule has 1 aliphatic heterocycles. The molecule has 4 heterocycles. The third-order valence-electron chi connectivity index (χ3n) is 5.48. The molecule has 3 aromatic rings. The van der Waals surface area contributed by atoms with Gasteiger partial charge in [-0.2, -0.15) is 0 Å². The minimum absolute atomic E-state index is 0.0960. The van der Waals surface area contributed by atoms with E-state index in [2.05, 4.69) is 5.16 Å². The van der Waals surface area contributed by atoms with E-state index in [-0.39, 0.29) is 11.7 Å². The number of aromatic nitrogens is 3. The molecule has 2 aliphatic rings. The quantitative estimate of drug-likeness (QED) is 0.460. The van der Waals surface area contributed by atoms with Crippen molar-refractivity contribution in [1.82, 2.24) is 14.7 Å². The zero-order valence-corrected chi connectivity index (χ0v) is 17.5. The number of thiophene rings is 1. The topological polar surface area (TPSA) is 70.2 Å². The molecule has 0 amide bonds. The largest absolute Gasteiger partial charge is 0.376 e. The van der Waals surface area contributed by atoms with Gasteiger partial charge in [0.25, 0.3) is 5.56 Å². The predicted octanol–water partition coefficient (Wildman–Crippen LogP) is 4.10. The molecule has 8 heteroatoms. The number of ether oxygens (including phenoxy) is 1. The van der Waals surface area contributed by atoms with Gasteiger partial charge in [0.2, 0.25) is 0 Å². The second-order valence-corrected chi connectivity index (χ2v) is 9.58. The molecule has 1 unspecified atom stereocenters. The van der Waals surface area contributed by atoms with Crippen LogP contribution < -0.4 is 5.56 Å².